The van der Waals surface area contributed by atoms with Gasteiger partial charge in [0, 0.05) is 0 Å². The molecule has 170 valence electrons. The van der Waals surface area contributed by atoms with Gasteiger partial charge in [-0.25, -0.2) is 0 Å². The molecule has 1 fully saturated rings. The van der Waals surface area contributed by atoms with Crippen LogP contribution in [0.15, 0.2) is 48.5 Å². The number of hydrogen-bond donors (Lipinski definition) is 0. The second kappa shape index (κ2) is 12.9. The summed E-state index contributed by atoms with van der Waals surface area (Å²) in [6.45, 7) is 7.68. The lowest BCUT2D eigenvalue weighted by atomic mass is 9.77. The minimum atomic E-state index is 0.625. The van der Waals surface area contributed by atoms with Gasteiger partial charge in [0.2, 0.25) is 0 Å². The molecule has 0 spiro atoms. The summed E-state index contributed by atoms with van der Waals surface area (Å²) in [7, 11) is 0. The van der Waals surface area contributed by atoms with Crippen LogP contribution in [0, 0.1) is 11.8 Å². The molecule has 2 aromatic rings. The topological polar surface area (TPSA) is 9.23 Å². The summed E-state index contributed by atoms with van der Waals surface area (Å²) in [5.41, 5.74) is 4.12. The predicted octanol–water partition coefficient (Wildman–Crippen LogP) is 9.41. The molecule has 1 atom stereocenters. The zero-order valence-corrected chi connectivity index (χ0v) is 20.2. The van der Waals surface area contributed by atoms with Crippen molar-refractivity contribution in [1.82, 2.24) is 0 Å². The largest absolute Gasteiger partial charge is 0.493 e. The lowest BCUT2D eigenvalue weighted by Crippen LogP contribution is -2.13. The normalized spacial score (nSPS) is 19.8. The molecule has 0 amide bonds. The first-order valence-electron chi connectivity index (χ1n) is 13.0. The van der Waals surface area contributed by atoms with E-state index in [1.165, 1.54) is 87.3 Å². The van der Waals surface area contributed by atoms with E-state index in [-0.39, 0.29) is 0 Å². The second-order valence-electron chi connectivity index (χ2n) is 9.92. The molecule has 0 aliphatic heterocycles. The van der Waals surface area contributed by atoms with Gasteiger partial charge in [0.15, 0.2) is 0 Å². The highest BCUT2D eigenvalue weighted by Crippen LogP contribution is 2.38. The van der Waals surface area contributed by atoms with Crippen LogP contribution in [-0.2, 0) is 0 Å². The minimum absolute atomic E-state index is 0.625. The maximum absolute atomic E-state index is 6.02. The van der Waals surface area contributed by atoms with Crippen molar-refractivity contribution in [2.75, 3.05) is 6.61 Å². The molecule has 1 heteroatoms. The monoisotopic (exact) mass is 420 g/mol. The molecule has 1 nitrogen and oxygen atoms in total. The van der Waals surface area contributed by atoms with Crippen molar-refractivity contribution in [3.05, 3.63) is 54.1 Å². The van der Waals surface area contributed by atoms with E-state index in [0.29, 0.717) is 5.92 Å². The van der Waals surface area contributed by atoms with E-state index in [4.69, 9.17) is 4.74 Å². The Hall–Kier alpha value is -1.76. The quantitative estimate of drug-likeness (QED) is 0.311. The van der Waals surface area contributed by atoms with E-state index in [1.54, 1.807) is 0 Å². The molecule has 0 saturated heterocycles. The molecule has 1 saturated carbocycles. The number of rotatable bonds is 12. The third kappa shape index (κ3) is 7.70. The Bertz CT molecular complexity index is 722. The molecule has 31 heavy (non-hydrogen) atoms. The Morgan fingerprint density at radius 2 is 1.39 bits per heavy atom. The van der Waals surface area contributed by atoms with Crippen LogP contribution in [0.3, 0.4) is 0 Å². The SMILES string of the molecule is CCCCCC(C)COc1ccc(-c2ccc(C3CCC(CCCC)CC3)cc2)cc1. The number of hydrogen-bond acceptors (Lipinski definition) is 1. The van der Waals surface area contributed by atoms with Gasteiger partial charge in [0.1, 0.15) is 5.75 Å². The molecule has 2 aromatic carbocycles. The third-order valence-corrected chi connectivity index (χ3v) is 7.22. The Kier molecular flexibility index (Phi) is 9.97. The highest BCUT2D eigenvalue weighted by atomic mass is 16.5. The first-order chi connectivity index (χ1) is 15.2. The second-order valence-corrected chi connectivity index (χ2v) is 9.92. The van der Waals surface area contributed by atoms with Crippen molar-refractivity contribution in [3.8, 4) is 16.9 Å². The van der Waals surface area contributed by atoms with Crippen LogP contribution in [0.2, 0.25) is 0 Å². The van der Waals surface area contributed by atoms with Crippen molar-refractivity contribution in [2.45, 2.75) is 97.3 Å². The van der Waals surface area contributed by atoms with Crippen LogP contribution in [0.1, 0.15) is 103 Å². The van der Waals surface area contributed by atoms with Crippen molar-refractivity contribution in [1.29, 1.82) is 0 Å². The molecule has 0 bridgehead atoms. The van der Waals surface area contributed by atoms with E-state index < -0.39 is 0 Å². The summed E-state index contributed by atoms with van der Waals surface area (Å²) < 4.78 is 6.02. The van der Waals surface area contributed by atoms with E-state index in [1.807, 2.05) is 0 Å². The smallest absolute Gasteiger partial charge is 0.119 e. The summed E-state index contributed by atoms with van der Waals surface area (Å²) in [6, 6.07) is 18.0. The van der Waals surface area contributed by atoms with Crippen LogP contribution >= 0.6 is 0 Å². The molecule has 0 heterocycles. The fourth-order valence-electron chi connectivity index (χ4n) is 5.03. The zero-order valence-electron chi connectivity index (χ0n) is 20.2. The molecule has 3 rings (SSSR count). The van der Waals surface area contributed by atoms with Gasteiger partial charge < -0.3 is 4.74 Å². The van der Waals surface area contributed by atoms with E-state index >= 15 is 0 Å². The van der Waals surface area contributed by atoms with Gasteiger partial charge in [0.05, 0.1) is 6.61 Å². The van der Waals surface area contributed by atoms with Crippen LogP contribution in [0.25, 0.3) is 11.1 Å². The summed E-state index contributed by atoms with van der Waals surface area (Å²) in [4.78, 5) is 0. The first-order valence-corrected chi connectivity index (χ1v) is 13.0. The van der Waals surface area contributed by atoms with E-state index in [0.717, 1.165) is 24.2 Å². The van der Waals surface area contributed by atoms with Crippen LogP contribution in [-0.4, -0.2) is 6.61 Å². The fraction of sp³-hybridized carbons (Fsp3) is 0.600. The zero-order chi connectivity index (χ0) is 21.9. The highest BCUT2D eigenvalue weighted by molar-refractivity contribution is 5.64. The van der Waals surface area contributed by atoms with Crippen LogP contribution < -0.4 is 4.74 Å². The number of unbranched alkanes of at least 4 members (excludes halogenated alkanes) is 3. The molecular weight excluding hydrogens is 376 g/mol. The van der Waals surface area contributed by atoms with Gasteiger partial charge in [-0.15, -0.1) is 0 Å². The Balaban J connectivity index is 1.47. The summed E-state index contributed by atoms with van der Waals surface area (Å²) in [5, 5.41) is 0. The predicted molar refractivity (Wildman–Crippen MR) is 135 cm³/mol. The van der Waals surface area contributed by atoms with Gasteiger partial charge in [-0.3, -0.25) is 0 Å². The van der Waals surface area contributed by atoms with Crippen molar-refractivity contribution < 1.29 is 4.74 Å². The van der Waals surface area contributed by atoms with Gasteiger partial charge in [-0.05, 0) is 78.7 Å². The highest BCUT2D eigenvalue weighted by Gasteiger charge is 2.21. The molecule has 0 N–H and O–H groups in total. The lowest BCUT2D eigenvalue weighted by molar-refractivity contribution is 0.249. The minimum Gasteiger partial charge on any atom is -0.493 e. The third-order valence-electron chi connectivity index (χ3n) is 7.22. The maximum atomic E-state index is 6.02. The molecule has 1 unspecified atom stereocenters. The summed E-state index contributed by atoms with van der Waals surface area (Å²) in [6.07, 6.45) is 15.0. The van der Waals surface area contributed by atoms with Gasteiger partial charge >= 0.3 is 0 Å². The molecule has 0 radical (unpaired) electrons. The maximum Gasteiger partial charge on any atom is 0.119 e. The van der Waals surface area contributed by atoms with Crippen molar-refractivity contribution in [3.63, 3.8) is 0 Å². The van der Waals surface area contributed by atoms with Gasteiger partial charge in [0.25, 0.3) is 0 Å². The number of ether oxygens (including phenoxy) is 1. The summed E-state index contributed by atoms with van der Waals surface area (Å²) >= 11 is 0. The Morgan fingerprint density at radius 3 is 2.00 bits per heavy atom. The molecule has 1 aliphatic rings. The van der Waals surface area contributed by atoms with E-state index in [9.17, 15) is 0 Å². The first kappa shape index (κ1) is 23.9. The Labute approximate surface area is 191 Å². The molecule has 0 aromatic heterocycles. The van der Waals surface area contributed by atoms with Gasteiger partial charge in [-0.2, -0.15) is 0 Å². The molecule has 1 aliphatic carbocycles. The number of benzene rings is 2. The van der Waals surface area contributed by atoms with Crippen LogP contribution in [0.4, 0.5) is 0 Å². The average molecular weight is 421 g/mol. The average Bonchev–Trinajstić information content (AvgIpc) is 2.82. The van der Waals surface area contributed by atoms with Gasteiger partial charge in [-0.1, -0.05) is 95.7 Å². The standard InChI is InChI=1S/C30H44O/c1-4-6-8-9-24(3)23-31-30-21-19-29(20-22-30)28-17-15-27(16-18-28)26-13-11-25(12-14-26)10-7-5-2/h15-22,24-26H,4-14,23H2,1-3H3. The Morgan fingerprint density at radius 1 is 0.774 bits per heavy atom. The molecular formula is C30H44O. The van der Waals surface area contributed by atoms with Crippen molar-refractivity contribution >= 4 is 0 Å². The van der Waals surface area contributed by atoms with Crippen molar-refractivity contribution in [2.24, 2.45) is 11.8 Å². The van der Waals surface area contributed by atoms with Crippen LogP contribution in [0.5, 0.6) is 5.75 Å². The fourth-order valence-corrected chi connectivity index (χ4v) is 5.03. The lowest BCUT2D eigenvalue weighted by Gasteiger charge is -2.29. The van der Waals surface area contributed by atoms with E-state index in [2.05, 4.69) is 69.3 Å². The summed E-state index contributed by atoms with van der Waals surface area (Å²) in [5.74, 6) is 3.36.